The first kappa shape index (κ1) is 22.3. The lowest BCUT2D eigenvalue weighted by atomic mass is 9.88. The molecule has 2 aliphatic heterocycles. The van der Waals surface area contributed by atoms with Crippen molar-refractivity contribution in [1.29, 1.82) is 0 Å². The fraction of sp³-hybridized carbons (Fsp3) is 0.636. The normalized spacial score (nSPS) is 23.4. The van der Waals surface area contributed by atoms with Gasteiger partial charge in [0.05, 0.1) is 6.04 Å². The molecule has 1 aromatic carbocycles. The Kier molecular flexibility index (Phi) is 6.55. The van der Waals surface area contributed by atoms with Crippen molar-refractivity contribution in [2.24, 2.45) is 0 Å². The molecule has 0 saturated carbocycles. The summed E-state index contributed by atoms with van der Waals surface area (Å²) >= 11 is 0. The van der Waals surface area contributed by atoms with Crippen LogP contribution in [0.25, 0.3) is 0 Å². The Hall–Kier alpha value is -2.35. The Morgan fingerprint density at radius 3 is 2.37 bits per heavy atom. The van der Waals surface area contributed by atoms with E-state index in [1.165, 1.54) is 17.0 Å². The minimum Gasteiger partial charge on any atom is -0.465 e. The molecule has 166 valence electrons. The van der Waals surface area contributed by atoms with E-state index in [-0.39, 0.29) is 24.0 Å². The van der Waals surface area contributed by atoms with Gasteiger partial charge in [-0.1, -0.05) is 6.07 Å². The zero-order valence-electron chi connectivity index (χ0n) is 18.2. The van der Waals surface area contributed by atoms with Crippen molar-refractivity contribution in [2.45, 2.75) is 58.2 Å². The number of aryl methyl sites for hydroxylation is 1. The van der Waals surface area contributed by atoms with Crippen molar-refractivity contribution in [3.8, 4) is 0 Å². The first-order valence-electron chi connectivity index (χ1n) is 10.5. The molecule has 0 aliphatic carbocycles. The minimum absolute atomic E-state index is 0.218. The molecule has 0 aromatic heterocycles. The summed E-state index contributed by atoms with van der Waals surface area (Å²) < 4.78 is 19.0. The number of hydrogen-bond donors (Lipinski definition) is 1. The van der Waals surface area contributed by atoms with E-state index in [9.17, 15) is 19.1 Å². The van der Waals surface area contributed by atoms with Gasteiger partial charge >= 0.3 is 12.2 Å². The van der Waals surface area contributed by atoms with E-state index in [1.54, 1.807) is 11.0 Å². The molecule has 0 radical (unpaired) electrons. The van der Waals surface area contributed by atoms with E-state index in [4.69, 9.17) is 4.74 Å². The lowest BCUT2D eigenvalue weighted by molar-refractivity contribution is 0.00163. The Morgan fingerprint density at radius 2 is 1.80 bits per heavy atom. The molecule has 2 amide bonds. The Balaban J connectivity index is 1.67. The number of piperidine rings is 1. The van der Waals surface area contributed by atoms with Crippen LogP contribution < -0.4 is 0 Å². The second kappa shape index (κ2) is 8.79. The number of piperazine rings is 1. The molecule has 2 heterocycles. The van der Waals surface area contributed by atoms with Crippen LogP contribution in [0.4, 0.5) is 14.0 Å². The molecule has 2 fully saturated rings. The van der Waals surface area contributed by atoms with Crippen molar-refractivity contribution in [2.75, 3.05) is 32.7 Å². The van der Waals surface area contributed by atoms with E-state index < -0.39 is 11.7 Å². The first-order chi connectivity index (χ1) is 14.0. The monoisotopic (exact) mass is 421 g/mol. The number of halogens is 1. The smallest absolute Gasteiger partial charge is 0.410 e. The third-order valence-electron chi connectivity index (χ3n) is 5.89. The molecule has 2 atom stereocenters. The highest BCUT2D eigenvalue weighted by Crippen LogP contribution is 2.35. The van der Waals surface area contributed by atoms with Gasteiger partial charge < -0.3 is 19.6 Å². The maximum atomic E-state index is 13.6. The number of amides is 2. The molecule has 0 bridgehead atoms. The van der Waals surface area contributed by atoms with Crippen molar-refractivity contribution in [3.05, 3.63) is 35.1 Å². The highest BCUT2D eigenvalue weighted by molar-refractivity contribution is 5.68. The number of ether oxygens (including phenoxy) is 1. The van der Waals surface area contributed by atoms with Gasteiger partial charge in [0, 0.05) is 38.8 Å². The van der Waals surface area contributed by atoms with Gasteiger partial charge in [-0.25, -0.2) is 14.0 Å². The standard InChI is InChI=1S/C22H32FN3O4/c1-15-13-16(23)5-6-18(15)19-14-17(7-8-26(19)20(27)28)24-9-11-25(12-10-24)21(29)30-22(2,3)4/h5-6,13,17,19H,7-12,14H2,1-4H3,(H,27,28)/t17-,19-/m1/s1. The predicted molar refractivity (Wildman–Crippen MR) is 111 cm³/mol. The summed E-state index contributed by atoms with van der Waals surface area (Å²) in [6.07, 6.45) is 0.167. The summed E-state index contributed by atoms with van der Waals surface area (Å²) in [7, 11) is 0. The Labute approximate surface area is 177 Å². The maximum absolute atomic E-state index is 13.6. The first-order valence-corrected chi connectivity index (χ1v) is 10.5. The molecule has 0 unspecified atom stereocenters. The Bertz CT molecular complexity index is 787. The third-order valence-corrected chi connectivity index (χ3v) is 5.89. The summed E-state index contributed by atoms with van der Waals surface area (Å²) in [5.74, 6) is -0.316. The summed E-state index contributed by atoms with van der Waals surface area (Å²) in [5.41, 5.74) is 1.11. The van der Waals surface area contributed by atoms with Gasteiger partial charge in [-0.05, 0) is 63.8 Å². The molecule has 3 rings (SSSR count). The van der Waals surface area contributed by atoms with Crippen LogP contribution in [-0.2, 0) is 4.74 Å². The van der Waals surface area contributed by atoms with Gasteiger partial charge in [0.15, 0.2) is 0 Å². The van der Waals surface area contributed by atoms with E-state index in [1.807, 2.05) is 27.7 Å². The van der Waals surface area contributed by atoms with Crippen molar-refractivity contribution in [1.82, 2.24) is 14.7 Å². The van der Waals surface area contributed by atoms with Gasteiger partial charge in [-0.15, -0.1) is 0 Å². The molecule has 1 N–H and O–H groups in total. The number of nitrogens with zero attached hydrogens (tertiary/aromatic N) is 3. The highest BCUT2D eigenvalue weighted by Gasteiger charge is 2.37. The zero-order valence-corrected chi connectivity index (χ0v) is 18.2. The van der Waals surface area contributed by atoms with Crippen LogP contribution in [0.5, 0.6) is 0 Å². The van der Waals surface area contributed by atoms with E-state index in [2.05, 4.69) is 4.90 Å². The number of carbonyl (C=O) groups excluding carboxylic acids is 1. The van der Waals surface area contributed by atoms with Crippen LogP contribution in [0.2, 0.25) is 0 Å². The van der Waals surface area contributed by atoms with Gasteiger partial charge in [0.2, 0.25) is 0 Å². The molecular formula is C22H32FN3O4. The molecule has 8 heteroatoms. The fourth-order valence-corrected chi connectivity index (χ4v) is 4.41. The number of hydrogen-bond acceptors (Lipinski definition) is 4. The zero-order chi connectivity index (χ0) is 22.1. The van der Waals surface area contributed by atoms with E-state index in [0.29, 0.717) is 26.1 Å². The summed E-state index contributed by atoms with van der Waals surface area (Å²) in [6, 6.07) is 4.47. The molecule has 1 aromatic rings. The topological polar surface area (TPSA) is 73.3 Å². The molecule has 7 nitrogen and oxygen atoms in total. The summed E-state index contributed by atoms with van der Waals surface area (Å²) in [5, 5.41) is 9.68. The number of carbonyl (C=O) groups is 2. The van der Waals surface area contributed by atoms with Crippen LogP contribution in [0.15, 0.2) is 18.2 Å². The highest BCUT2D eigenvalue weighted by atomic mass is 19.1. The van der Waals surface area contributed by atoms with Crippen LogP contribution in [0.3, 0.4) is 0 Å². The SMILES string of the molecule is Cc1cc(F)ccc1[C@H]1C[C@H](N2CCN(C(=O)OC(C)(C)C)CC2)CCN1C(=O)O. The van der Waals surface area contributed by atoms with Crippen molar-refractivity contribution >= 4 is 12.2 Å². The van der Waals surface area contributed by atoms with Crippen molar-refractivity contribution < 1.29 is 23.8 Å². The van der Waals surface area contributed by atoms with Gasteiger partial charge in [-0.2, -0.15) is 0 Å². The molecular weight excluding hydrogens is 389 g/mol. The summed E-state index contributed by atoms with van der Waals surface area (Å²) in [4.78, 5) is 29.6. The van der Waals surface area contributed by atoms with Crippen LogP contribution in [0.1, 0.15) is 50.8 Å². The average molecular weight is 422 g/mol. The number of likely N-dealkylation sites (tertiary alicyclic amines) is 1. The maximum Gasteiger partial charge on any atom is 0.410 e. The third kappa shape index (κ3) is 5.22. The van der Waals surface area contributed by atoms with Gasteiger partial charge in [0.25, 0.3) is 0 Å². The average Bonchev–Trinajstić information content (AvgIpc) is 2.66. The lowest BCUT2D eigenvalue weighted by Crippen LogP contribution is -2.55. The van der Waals surface area contributed by atoms with E-state index in [0.717, 1.165) is 30.6 Å². The van der Waals surface area contributed by atoms with Crippen molar-refractivity contribution in [3.63, 3.8) is 0 Å². The number of carboxylic acid groups (broad SMARTS) is 1. The van der Waals surface area contributed by atoms with E-state index >= 15 is 0 Å². The Morgan fingerprint density at radius 1 is 1.13 bits per heavy atom. The minimum atomic E-state index is -0.947. The predicted octanol–water partition coefficient (Wildman–Crippen LogP) is 3.87. The fourth-order valence-electron chi connectivity index (χ4n) is 4.41. The second-order valence-electron chi connectivity index (χ2n) is 9.17. The molecule has 2 saturated heterocycles. The van der Waals surface area contributed by atoms with Crippen LogP contribution in [-0.4, -0.2) is 76.4 Å². The second-order valence-corrected chi connectivity index (χ2v) is 9.17. The molecule has 2 aliphatic rings. The number of benzene rings is 1. The molecule has 30 heavy (non-hydrogen) atoms. The van der Waals surface area contributed by atoms with Crippen LogP contribution >= 0.6 is 0 Å². The van der Waals surface area contributed by atoms with Gasteiger partial charge in [-0.3, -0.25) is 4.90 Å². The van der Waals surface area contributed by atoms with Crippen LogP contribution in [0, 0.1) is 12.7 Å². The summed E-state index contributed by atoms with van der Waals surface area (Å²) in [6.45, 7) is 10.5. The van der Waals surface area contributed by atoms with Gasteiger partial charge in [0.1, 0.15) is 11.4 Å². The largest absolute Gasteiger partial charge is 0.465 e. The lowest BCUT2D eigenvalue weighted by Gasteiger charge is -2.45. The number of rotatable bonds is 2. The molecule has 0 spiro atoms. The quantitative estimate of drug-likeness (QED) is 0.785.